The van der Waals surface area contributed by atoms with E-state index in [2.05, 4.69) is 69.6 Å². The Morgan fingerprint density at radius 1 is 0.929 bits per heavy atom. The summed E-state index contributed by atoms with van der Waals surface area (Å²) in [5.41, 5.74) is 4.46. The summed E-state index contributed by atoms with van der Waals surface area (Å²) in [6.07, 6.45) is 2.05. The number of hydrogen-bond donors (Lipinski definition) is 0. The number of aryl methyl sites for hydroxylation is 1. The minimum atomic E-state index is 0.371. The lowest BCUT2D eigenvalue weighted by Gasteiger charge is -2.33. The molecule has 28 heavy (non-hydrogen) atoms. The van der Waals surface area contributed by atoms with Crippen molar-refractivity contribution in [2.75, 3.05) is 18.0 Å². The van der Waals surface area contributed by atoms with Gasteiger partial charge in [-0.05, 0) is 25.0 Å². The standard InChI is InChI=1S/C23H22N4O/c1-16-24-23(26-28-16)18-11-13-27(14-12-18)22-15-21(17-7-3-2-4-8-17)25-20-10-6-5-9-19(20)22/h2-10,15,18H,11-14H2,1H3. The molecule has 3 heterocycles. The molecule has 0 atom stereocenters. The van der Waals surface area contributed by atoms with Crippen molar-refractivity contribution in [3.63, 3.8) is 0 Å². The second-order valence-corrected chi connectivity index (χ2v) is 7.34. The van der Waals surface area contributed by atoms with Gasteiger partial charge in [-0.2, -0.15) is 4.98 Å². The van der Waals surface area contributed by atoms with Gasteiger partial charge in [-0.15, -0.1) is 0 Å². The molecule has 140 valence electrons. The molecule has 0 amide bonds. The summed E-state index contributed by atoms with van der Waals surface area (Å²) in [7, 11) is 0. The zero-order valence-electron chi connectivity index (χ0n) is 15.9. The van der Waals surface area contributed by atoms with Gasteiger partial charge >= 0.3 is 0 Å². The van der Waals surface area contributed by atoms with Crippen molar-refractivity contribution in [2.45, 2.75) is 25.7 Å². The first-order chi connectivity index (χ1) is 13.8. The number of piperidine rings is 1. The maximum Gasteiger partial charge on any atom is 0.223 e. The molecule has 0 radical (unpaired) electrons. The highest BCUT2D eigenvalue weighted by molar-refractivity contribution is 5.94. The van der Waals surface area contributed by atoms with E-state index in [4.69, 9.17) is 9.51 Å². The highest BCUT2D eigenvalue weighted by atomic mass is 16.5. The topological polar surface area (TPSA) is 55.1 Å². The molecule has 0 aliphatic carbocycles. The molecule has 0 spiro atoms. The lowest BCUT2D eigenvalue weighted by molar-refractivity contribution is 0.375. The van der Waals surface area contributed by atoms with Crippen LogP contribution in [0.5, 0.6) is 0 Å². The molecule has 1 aliphatic heterocycles. The molecule has 1 saturated heterocycles. The third-order valence-electron chi connectivity index (χ3n) is 5.51. The molecular formula is C23H22N4O. The van der Waals surface area contributed by atoms with Crippen LogP contribution >= 0.6 is 0 Å². The molecule has 0 unspecified atom stereocenters. The normalized spacial score (nSPS) is 15.2. The van der Waals surface area contributed by atoms with Crippen LogP contribution in [-0.4, -0.2) is 28.2 Å². The first-order valence-electron chi connectivity index (χ1n) is 9.78. The third-order valence-corrected chi connectivity index (χ3v) is 5.51. The number of anilines is 1. The first kappa shape index (κ1) is 16.9. The molecule has 5 heteroatoms. The second-order valence-electron chi connectivity index (χ2n) is 7.34. The number of para-hydroxylation sites is 1. The van der Waals surface area contributed by atoms with E-state index in [9.17, 15) is 0 Å². The molecule has 5 nitrogen and oxygen atoms in total. The van der Waals surface area contributed by atoms with Gasteiger partial charge in [0, 0.05) is 42.6 Å². The monoisotopic (exact) mass is 370 g/mol. The van der Waals surface area contributed by atoms with Crippen molar-refractivity contribution < 1.29 is 4.52 Å². The van der Waals surface area contributed by atoms with E-state index in [0.717, 1.165) is 48.5 Å². The number of hydrogen-bond acceptors (Lipinski definition) is 5. The first-order valence-corrected chi connectivity index (χ1v) is 9.78. The Labute approximate surface area is 164 Å². The minimum absolute atomic E-state index is 0.371. The average Bonchev–Trinajstić information content (AvgIpc) is 3.20. The van der Waals surface area contributed by atoms with Crippen molar-refractivity contribution in [3.05, 3.63) is 72.4 Å². The Morgan fingerprint density at radius 3 is 2.43 bits per heavy atom. The Hall–Kier alpha value is -3.21. The van der Waals surface area contributed by atoms with Gasteiger partial charge < -0.3 is 9.42 Å². The van der Waals surface area contributed by atoms with E-state index >= 15 is 0 Å². The van der Waals surface area contributed by atoms with Crippen LogP contribution in [0, 0.1) is 6.92 Å². The quantitative estimate of drug-likeness (QED) is 0.509. The predicted octanol–water partition coefficient (Wildman–Crippen LogP) is 4.98. The Morgan fingerprint density at radius 2 is 1.68 bits per heavy atom. The number of rotatable bonds is 3. The molecule has 2 aromatic heterocycles. The maximum absolute atomic E-state index is 5.17. The van der Waals surface area contributed by atoms with E-state index in [-0.39, 0.29) is 0 Å². The van der Waals surface area contributed by atoms with Gasteiger partial charge in [-0.1, -0.05) is 53.7 Å². The van der Waals surface area contributed by atoms with Crippen LogP contribution < -0.4 is 4.90 Å². The van der Waals surface area contributed by atoms with Gasteiger partial charge in [-0.3, -0.25) is 0 Å². The zero-order valence-corrected chi connectivity index (χ0v) is 15.9. The van der Waals surface area contributed by atoms with Gasteiger partial charge in [0.1, 0.15) is 0 Å². The zero-order chi connectivity index (χ0) is 18.9. The van der Waals surface area contributed by atoms with E-state index in [1.54, 1.807) is 0 Å². The summed E-state index contributed by atoms with van der Waals surface area (Å²) in [5.74, 6) is 1.86. The van der Waals surface area contributed by atoms with Crippen LogP contribution in [0.2, 0.25) is 0 Å². The highest BCUT2D eigenvalue weighted by Crippen LogP contribution is 2.35. The summed E-state index contributed by atoms with van der Waals surface area (Å²) in [5, 5.41) is 5.33. The van der Waals surface area contributed by atoms with Gasteiger partial charge in [0.2, 0.25) is 5.89 Å². The number of aromatic nitrogens is 3. The molecule has 2 aromatic carbocycles. The van der Waals surface area contributed by atoms with E-state index in [1.165, 1.54) is 11.1 Å². The summed E-state index contributed by atoms with van der Waals surface area (Å²) in [6, 6.07) is 21.0. The van der Waals surface area contributed by atoms with Crippen LogP contribution in [-0.2, 0) is 0 Å². The van der Waals surface area contributed by atoms with Crippen molar-refractivity contribution in [1.29, 1.82) is 0 Å². The molecule has 4 aromatic rings. The fourth-order valence-corrected chi connectivity index (χ4v) is 4.03. The second kappa shape index (κ2) is 7.08. The minimum Gasteiger partial charge on any atom is -0.371 e. The van der Waals surface area contributed by atoms with E-state index in [1.807, 2.05) is 13.0 Å². The van der Waals surface area contributed by atoms with E-state index in [0.29, 0.717) is 11.8 Å². The SMILES string of the molecule is Cc1nc(C2CCN(c3cc(-c4ccccc4)nc4ccccc34)CC2)no1. The molecule has 0 saturated carbocycles. The molecule has 1 aliphatic rings. The number of pyridine rings is 1. The summed E-state index contributed by atoms with van der Waals surface area (Å²) < 4.78 is 5.17. The Balaban J connectivity index is 1.48. The highest BCUT2D eigenvalue weighted by Gasteiger charge is 2.25. The summed E-state index contributed by atoms with van der Waals surface area (Å²) >= 11 is 0. The van der Waals surface area contributed by atoms with Gasteiger partial charge in [0.15, 0.2) is 5.82 Å². The molecule has 1 fully saturated rings. The smallest absolute Gasteiger partial charge is 0.223 e. The number of benzene rings is 2. The van der Waals surface area contributed by atoms with Crippen LogP contribution in [0.25, 0.3) is 22.2 Å². The van der Waals surface area contributed by atoms with E-state index < -0.39 is 0 Å². The molecule has 0 bridgehead atoms. The summed E-state index contributed by atoms with van der Waals surface area (Å²) in [6.45, 7) is 3.79. The van der Waals surface area contributed by atoms with Crippen LogP contribution in [0.1, 0.15) is 30.5 Å². The number of nitrogens with zero attached hydrogens (tertiary/aromatic N) is 4. The van der Waals surface area contributed by atoms with Gasteiger partial charge in [0.05, 0.1) is 11.2 Å². The molecule has 0 N–H and O–H groups in total. The molecule has 5 rings (SSSR count). The average molecular weight is 370 g/mol. The lowest BCUT2D eigenvalue weighted by atomic mass is 9.95. The van der Waals surface area contributed by atoms with Crippen LogP contribution in [0.15, 0.2) is 65.2 Å². The maximum atomic E-state index is 5.17. The van der Waals surface area contributed by atoms with Crippen molar-refractivity contribution in [2.24, 2.45) is 0 Å². The predicted molar refractivity (Wildman–Crippen MR) is 110 cm³/mol. The van der Waals surface area contributed by atoms with Crippen LogP contribution in [0.4, 0.5) is 5.69 Å². The van der Waals surface area contributed by atoms with Crippen LogP contribution in [0.3, 0.4) is 0 Å². The molecular weight excluding hydrogens is 348 g/mol. The third kappa shape index (κ3) is 3.13. The fourth-order valence-electron chi connectivity index (χ4n) is 4.03. The number of fused-ring (bicyclic) bond motifs is 1. The Bertz CT molecular complexity index is 1100. The van der Waals surface area contributed by atoms with Gasteiger partial charge in [0.25, 0.3) is 0 Å². The largest absolute Gasteiger partial charge is 0.371 e. The van der Waals surface area contributed by atoms with Crippen molar-refractivity contribution in [3.8, 4) is 11.3 Å². The fraction of sp³-hybridized carbons (Fsp3) is 0.261. The lowest BCUT2D eigenvalue weighted by Crippen LogP contribution is -2.33. The Kier molecular flexibility index (Phi) is 4.28. The van der Waals surface area contributed by atoms with Crippen molar-refractivity contribution in [1.82, 2.24) is 15.1 Å². The van der Waals surface area contributed by atoms with Crippen molar-refractivity contribution >= 4 is 16.6 Å². The van der Waals surface area contributed by atoms with Gasteiger partial charge in [-0.25, -0.2) is 4.98 Å². The summed E-state index contributed by atoms with van der Waals surface area (Å²) in [4.78, 5) is 11.8.